The van der Waals surface area contributed by atoms with E-state index in [1.54, 1.807) is 0 Å². The maximum Gasteiger partial charge on any atom is 0.136 e. The Labute approximate surface area is 127 Å². The minimum Gasteiger partial charge on any atom is -0.323 e. The van der Waals surface area contributed by atoms with Gasteiger partial charge in [0.05, 0.1) is 11.7 Å². The van der Waals surface area contributed by atoms with Crippen molar-refractivity contribution in [2.24, 2.45) is 4.99 Å². The highest BCUT2D eigenvalue weighted by Gasteiger charge is 2.33. The monoisotopic (exact) mass is 326 g/mol. The maximum atomic E-state index is 4.92. The molecule has 4 rings (SSSR count). The molecular weight excluding hydrogens is 312 g/mol. The van der Waals surface area contributed by atoms with E-state index in [1.165, 1.54) is 22.4 Å². The molecule has 20 heavy (non-hydrogen) atoms. The van der Waals surface area contributed by atoms with Crippen LogP contribution in [0.3, 0.4) is 0 Å². The molecule has 100 valence electrons. The number of fused-ring (bicyclic) bond motifs is 6. The lowest BCUT2D eigenvalue weighted by molar-refractivity contribution is 0.693. The largest absolute Gasteiger partial charge is 0.323 e. The van der Waals surface area contributed by atoms with E-state index in [0.717, 1.165) is 23.3 Å². The average molecular weight is 327 g/mol. The Bertz CT molecular complexity index is 721. The van der Waals surface area contributed by atoms with Crippen molar-refractivity contribution in [1.82, 2.24) is 0 Å². The molecule has 0 unspecified atom stereocenters. The van der Waals surface area contributed by atoms with Crippen molar-refractivity contribution in [2.45, 2.75) is 19.4 Å². The number of rotatable bonds is 1. The molecule has 1 atom stereocenters. The second-order valence-electron chi connectivity index (χ2n) is 5.33. The van der Waals surface area contributed by atoms with Gasteiger partial charge in [-0.15, -0.1) is 0 Å². The van der Waals surface area contributed by atoms with Crippen molar-refractivity contribution in [3.63, 3.8) is 0 Å². The first-order valence-corrected chi connectivity index (χ1v) is 7.82. The zero-order valence-electron chi connectivity index (χ0n) is 11.3. The summed E-state index contributed by atoms with van der Waals surface area (Å²) >= 11 is 3.59. The smallest absolute Gasteiger partial charge is 0.136 e. The maximum absolute atomic E-state index is 4.92. The molecule has 0 spiro atoms. The summed E-state index contributed by atoms with van der Waals surface area (Å²) in [7, 11) is 0. The van der Waals surface area contributed by atoms with Gasteiger partial charge in [-0.05, 0) is 30.2 Å². The summed E-state index contributed by atoms with van der Waals surface area (Å²) in [5.74, 6) is 1.14. The van der Waals surface area contributed by atoms with Gasteiger partial charge in [0, 0.05) is 22.1 Å². The Kier molecular flexibility index (Phi) is 2.71. The van der Waals surface area contributed by atoms with E-state index in [0.29, 0.717) is 6.04 Å². The molecule has 0 aliphatic carbocycles. The third-order valence-corrected chi connectivity index (χ3v) is 4.63. The van der Waals surface area contributed by atoms with Crippen LogP contribution in [-0.4, -0.2) is 18.4 Å². The third kappa shape index (κ3) is 1.66. The molecule has 2 heterocycles. The van der Waals surface area contributed by atoms with Gasteiger partial charge in [-0.25, -0.2) is 0 Å². The van der Waals surface area contributed by atoms with E-state index < -0.39 is 0 Å². The van der Waals surface area contributed by atoms with Crippen LogP contribution in [0.5, 0.6) is 0 Å². The standard InChI is InChI=1S/C17H15BrN2/c1-2-12-10-20-16-8-7-11(18)9-15(16)13-5-3-4-6-14(13)17(20)19-12/h3-9,12H,2,10H2,1H3/t12-/m0/s1. The normalized spacial score (nSPS) is 19.2. The van der Waals surface area contributed by atoms with Gasteiger partial charge in [-0.2, -0.15) is 0 Å². The molecule has 2 aromatic carbocycles. The summed E-state index contributed by atoms with van der Waals surface area (Å²) in [5, 5.41) is 0. The molecule has 2 aromatic rings. The SMILES string of the molecule is CC[C@H]1CN2C(=N1)c1ccccc1-c1cc(Br)ccc12. The number of nitrogens with zero attached hydrogens (tertiary/aromatic N) is 2. The van der Waals surface area contributed by atoms with Crippen LogP contribution in [0.15, 0.2) is 51.9 Å². The predicted octanol–water partition coefficient (Wildman–Crippen LogP) is 4.47. The van der Waals surface area contributed by atoms with Gasteiger partial charge in [0.25, 0.3) is 0 Å². The van der Waals surface area contributed by atoms with Crippen LogP contribution < -0.4 is 4.90 Å². The van der Waals surface area contributed by atoms with E-state index in [4.69, 9.17) is 4.99 Å². The van der Waals surface area contributed by atoms with E-state index in [-0.39, 0.29) is 0 Å². The quantitative estimate of drug-likeness (QED) is 0.754. The molecule has 0 radical (unpaired) electrons. The first-order chi connectivity index (χ1) is 9.78. The summed E-state index contributed by atoms with van der Waals surface area (Å²) in [6.07, 6.45) is 1.09. The van der Waals surface area contributed by atoms with Crippen molar-refractivity contribution >= 4 is 27.5 Å². The van der Waals surface area contributed by atoms with Gasteiger partial charge in [0.1, 0.15) is 5.84 Å². The van der Waals surface area contributed by atoms with Crippen molar-refractivity contribution in [1.29, 1.82) is 0 Å². The summed E-state index contributed by atoms with van der Waals surface area (Å²) in [6, 6.07) is 15.5. The molecule has 0 fully saturated rings. The van der Waals surface area contributed by atoms with Crippen LogP contribution in [0, 0.1) is 0 Å². The molecule has 0 bridgehead atoms. The number of hydrogen-bond acceptors (Lipinski definition) is 2. The summed E-state index contributed by atoms with van der Waals surface area (Å²) < 4.78 is 1.12. The highest BCUT2D eigenvalue weighted by Crippen LogP contribution is 2.42. The molecule has 2 aliphatic heterocycles. The van der Waals surface area contributed by atoms with Crippen LogP contribution in [0.4, 0.5) is 5.69 Å². The Balaban J connectivity index is 2.00. The Morgan fingerprint density at radius 3 is 2.75 bits per heavy atom. The lowest BCUT2D eigenvalue weighted by Crippen LogP contribution is -2.33. The van der Waals surface area contributed by atoms with Gasteiger partial charge < -0.3 is 4.90 Å². The van der Waals surface area contributed by atoms with Gasteiger partial charge in [-0.1, -0.05) is 47.1 Å². The fourth-order valence-electron chi connectivity index (χ4n) is 3.10. The summed E-state index contributed by atoms with van der Waals surface area (Å²) in [6.45, 7) is 3.20. The second-order valence-corrected chi connectivity index (χ2v) is 6.25. The third-order valence-electron chi connectivity index (χ3n) is 4.13. The highest BCUT2D eigenvalue weighted by molar-refractivity contribution is 9.10. The summed E-state index contributed by atoms with van der Waals surface area (Å²) in [5.41, 5.74) is 5.12. The Morgan fingerprint density at radius 1 is 1.15 bits per heavy atom. The molecular formula is C17H15BrN2. The van der Waals surface area contributed by atoms with Crippen molar-refractivity contribution in [3.05, 3.63) is 52.5 Å². The zero-order valence-corrected chi connectivity index (χ0v) is 12.9. The molecule has 2 aliphatic rings. The number of hydrogen-bond donors (Lipinski definition) is 0. The first kappa shape index (κ1) is 12.2. The minimum absolute atomic E-state index is 0.410. The number of benzene rings is 2. The molecule has 0 saturated carbocycles. The average Bonchev–Trinajstić information content (AvgIpc) is 2.92. The fraction of sp³-hybridized carbons (Fsp3) is 0.235. The van der Waals surface area contributed by atoms with Crippen LogP contribution in [0.1, 0.15) is 18.9 Å². The number of anilines is 1. The van der Waals surface area contributed by atoms with Gasteiger partial charge in [0.2, 0.25) is 0 Å². The van der Waals surface area contributed by atoms with Crippen LogP contribution in [0.2, 0.25) is 0 Å². The molecule has 3 heteroatoms. The fourth-order valence-corrected chi connectivity index (χ4v) is 3.46. The molecule has 0 aromatic heterocycles. The number of amidine groups is 1. The van der Waals surface area contributed by atoms with E-state index >= 15 is 0 Å². The van der Waals surface area contributed by atoms with Gasteiger partial charge in [0.15, 0.2) is 0 Å². The zero-order chi connectivity index (χ0) is 13.7. The topological polar surface area (TPSA) is 15.6 Å². The Morgan fingerprint density at radius 2 is 1.95 bits per heavy atom. The molecule has 0 saturated heterocycles. The molecule has 2 nitrogen and oxygen atoms in total. The van der Waals surface area contributed by atoms with Crippen molar-refractivity contribution in [2.75, 3.05) is 11.4 Å². The highest BCUT2D eigenvalue weighted by atomic mass is 79.9. The van der Waals surface area contributed by atoms with Crippen molar-refractivity contribution in [3.8, 4) is 11.1 Å². The number of aliphatic imine (C=N–C) groups is 1. The van der Waals surface area contributed by atoms with E-state index in [1.807, 2.05) is 0 Å². The molecule has 0 amide bonds. The van der Waals surface area contributed by atoms with E-state index in [9.17, 15) is 0 Å². The van der Waals surface area contributed by atoms with Crippen molar-refractivity contribution < 1.29 is 0 Å². The van der Waals surface area contributed by atoms with Gasteiger partial charge >= 0.3 is 0 Å². The van der Waals surface area contributed by atoms with Gasteiger partial charge in [-0.3, -0.25) is 4.99 Å². The predicted molar refractivity (Wildman–Crippen MR) is 87.5 cm³/mol. The lowest BCUT2D eigenvalue weighted by atomic mass is 9.93. The van der Waals surface area contributed by atoms with Crippen LogP contribution in [0.25, 0.3) is 11.1 Å². The van der Waals surface area contributed by atoms with Crippen LogP contribution in [-0.2, 0) is 0 Å². The summed E-state index contributed by atoms with van der Waals surface area (Å²) in [4.78, 5) is 7.30. The van der Waals surface area contributed by atoms with Crippen LogP contribution >= 0.6 is 15.9 Å². The lowest BCUT2D eigenvalue weighted by Gasteiger charge is -2.30. The molecule has 0 N–H and O–H groups in total. The second kappa shape index (κ2) is 4.45. The first-order valence-electron chi connectivity index (χ1n) is 7.02. The number of halogens is 1. The van der Waals surface area contributed by atoms with E-state index in [2.05, 4.69) is 70.2 Å². The minimum atomic E-state index is 0.410. The Hall–Kier alpha value is -1.61.